The molecule has 0 spiro atoms. The smallest absolute Gasteiger partial charge is 0.260 e. The molecule has 5 rings (SSSR count). The molecule has 176 valence electrons. The van der Waals surface area contributed by atoms with Crippen LogP contribution in [0.1, 0.15) is 17.2 Å². The molecule has 0 atom stereocenters. The minimum Gasteiger partial charge on any atom is -0.484 e. The van der Waals surface area contributed by atoms with Gasteiger partial charge in [0.1, 0.15) is 5.75 Å². The van der Waals surface area contributed by atoms with Crippen LogP contribution >= 0.6 is 0 Å². The van der Waals surface area contributed by atoms with Crippen LogP contribution in [0.15, 0.2) is 115 Å². The van der Waals surface area contributed by atoms with Crippen LogP contribution in [-0.4, -0.2) is 48.5 Å². The van der Waals surface area contributed by atoms with E-state index in [0.717, 1.165) is 24.2 Å². The summed E-state index contributed by atoms with van der Waals surface area (Å²) >= 11 is 0. The summed E-state index contributed by atoms with van der Waals surface area (Å²) in [4.78, 5) is 17.2. The van der Waals surface area contributed by atoms with Gasteiger partial charge in [0.2, 0.25) is 0 Å². The van der Waals surface area contributed by atoms with Crippen molar-refractivity contribution in [1.29, 1.82) is 0 Å². The van der Waals surface area contributed by atoms with Crippen molar-refractivity contribution in [2.75, 3.05) is 32.8 Å². The molecule has 0 radical (unpaired) electrons. The van der Waals surface area contributed by atoms with E-state index in [-0.39, 0.29) is 18.6 Å². The zero-order valence-corrected chi connectivity index (χ0v) is 19.8. The Morgan fingerprint density at radius 3 is 1.66 bits per heavy atom. The van der Waals surface area contributed by atoms with E-state index in [1.807, 2.05) is 47.4 Å². The molecule has 4 nitrogen and oxygen atoms in total. The second-order valence-corrected chi connectivity index (χ2v) is 8.82. The van der Waals surface area contributed by atoms with Crippen molar-refractivity contribution in [3.05, 3.63) is 126 Å². The summed E-state index contributed by atoms with van der Waals surface area (Å²) in [6, 6.07) is 39.6. The molecule has 0 bridgehead atoms. The molecule has 0 unspecified atom stereocenters. The number of benzene rings is 4. The van der Waals surface area contributed by atoms with Gasteiger partial charge >= 0.3 is 0 Å². The average Bonchev–Trinajstić information content (AvgIpc) is 2.94. The first kappa shape index (κ1) is 22.9. The van der Waals surface area contributed by atoms with E-state index in [0.29, 0.717) is 18.8 Å². The molecule has 35 heavy (non-hydrogen) atoms. The summed E-state index contributed by atoms with van der Waals surface area (Å²) < 4.78 is 5.82. The average molecular weight is 463 g/mol. The van der Waals surface area contributed by atoms with E-state index in [1.54, 1.807) is 0 Å². The Morgan fingerprint density at radius 1 is 0.629 bits per heavy atom. The molecule has 1 heterocycles. The van der Waals surface area contributed by atoms with Crippen LogP contribution in [0.4, 0.5) is 0 Å². The monoisotopic (exact) mass is 462 g/mol. The molecule has 1 aliphatic rings. The third-order valence-corrected chi connectivity index (χ3v) is 6.59. The third kappa shape index (κ3) is 5.61. The van der Waals surface area contributed by atoms with E-state index < -0.39 is 0 Å². The lowest BCUT2D eigenvalue weighted by molar-refractivity contribution is -0.135. The standard InChI is InChI=1S/C31H30N2O2/c34-30(24-35-29-18-16-26(17-19-29)25-10-4-1-5-11-25)32-20-22-33(23-21-32)31(27-12-6-2-7-13-27)28-14-8-3-9-15-28/h1-19,31H,20-24H2. The summed E-state index contributed by atoms with van der Waals surface area (Å²) in [7, 11) is 0. The molecule has 4 heteroatoms. The van der Waals surface area contributed by atoms with Crippen LogP contribution in [0.2, 0.25) is 0 Å². The van der Waals surface area contributed by atoms with Crippen molar-refractivity contribution in [2.24, 2.45) is 0 Å². The normalized spacial score (nSPS) is 14.1. The fourth-order valence-corrected chi connectivity index (χ4v) is 4.72. The quantitative estimate of drug-likeness (QED) is 0.355. The first-order valence-electron chi connectivity index (χ1n) is 12.2. The molecule has 4 aromatic carbocycles. The number of hydrogen-bond donors (Lipinski definition) is 0. The lowest BCUT2D eigenvalue weighted by Crippen LogP contribution is -2.51. The minimum absolute atomic E-state index is 0.0350. The fourth-order valence-electron chi connectivity index (χ4n) is 4.72. The van der Waals surface area contributed by atoms with E-state index in [1.165, 1.54) is 11.1 Å². The van der Waals surface area contributed by atoms with Crippen LogP contribution in [0.5, 0.6) is 5.75 Å². The van der Waals surface area contributed by atoms with Gasteiger partial charge in [0.15, 0.2) is 6.61 Å². The number of carbonyl (C=O) groups excluding carboxylic acids is 1. The Hall–Kier alpha value is -3.89. The van der Waals surface area contributed by atoms with Crippen molar-refractivity contribution in [3.63, 3.8) is 0 Å². The van der Waals surface area contributed by atoms with Gasteiger partial charge in [-0.3, -0.25) is 9.69 Å². The second-order valence-electron chi connectivity index (χ2n) is 8.82. The van der Waals surface area contributed by atoms with Gasteiger partial charge < -0.3 is 9.64 Å². The van der Waals surface area contributed by atoms with Gasteiger partial charge in [0.05, 0.1) is 6.04 Å². The first-order chi connectivity index (χ1) is 17.3. The Balaban J connectivity index is 1.17. The van der Waals surface area contributed by atoms with Gasteiger partial charge in [-0.05, 0) is 34.4 Å². The van der Waals surface area contributed by atoms with Crippen molar-refractivity contribution < 1.29 is 9.53 Å². The number of amides is 1. The van der Waals surface area contributed by atoms with E-state index in [2.05, 4.69) is 77.7 Å². The van der Waals surface area contributed by atoms with Gasteiger partial charge in [-0.2, -0.15) is 0 Å². The van der Waals surface area contributed by atoms with Gasteiger partial charge in [0.25, 0.3) is 5.91 Å². The van der Waals surface area contributed by atoms with E-state index in [4.69, 9.17) is 4.74 Å². The first-order valence-corrected chi connectivity index (χ1v) is 12.2. The van der Waals surface area contributed by atoms with Crippen LogP contribution in [-0.2, 0) is 4.79 Å². The topological polar surface area (TPSA) is 32.8 Å². The van der Waals surface area contributed by atoms with Crippen LogP contribution in [0.25, 0.3) is 11.1 Å². The van der Waals surface area contributed by atoms with Crippen LogP contribution < -0.4 is 4.74 Å². The van der Waals surface area contributed by atoms with Gasteiger partial charge in [-0.15, -0.1) is 0 Å². The molecule has 1 aliphatic heterocycles. The van der Waals surface area contributed by atoms with Crippen molar-refractivity contribution >= 4 is 5.91 Å². The number of rotatable bonds is 7. The summed E-state index contributed by atoms with van der Waals surface area (Å²) in [6.07, 6.45) is 0. The van der Waals surface area contributed by atoms with Crippen LogP contribution in [0.3, 0.4) is 0 Å². The molecular weight excluding hydrogens is 432 g/mol. The lowest BCUT2D eigenvalue weighted by Gasteiger charge is -2.39. The fraction of sp³-hybridized carbons (Fsp3) is 0.194. The molecule has 0 saturated carbocycles. The van der Waals surface area contributed by atoms with Gasteiger partial charge in [-0.25, -0.2) is 0 Å². The highest BCUT2D eigenvalue weighted by Crippen LogP contribution is 2.29. The number of piperazine rings is 1. The Bertz CT molecular complexity index is 1160. The zero-order valence-electron chi connectivity index (χ0n) is 19.8. The number of carbonyl (C=O) groups is 1. The summed E-state index contributed by atoms with van der Waals surface area (Å²) in [6.45, 7) is 3.11. The molecular formula is C31H30N2O2. The highest BCUT2D eigenvalue weighted by atomic mass is 16.5. The van der Waals surface area contributed by atoms with E-state index in [9.17, 15) is 4.79 Å². The second kappa shape index (κ2) is 11.0. The van der Waals surface area contributed by atoms with Gasteiger partial charge in [-0.1, -0.05) is 103 Å². The van der Waals surface area contributed by atoms with Crippen molar-refractivity contribution in [3.8, 4) is 16.9 Å². The number of ether oxygens (including phenoxy) is 1. The molecule has 0 N–H and O–H groups in total. The maximum absolute atomic E-state index is 12.9. The summed E-state index contributed by atoms with van der Waals surface area (Å²) in [5, 5.41) is 0. The predicted molar refractivity (Wildman–Crippen MR) is 140 cm³/mol. The highest BCUT2D eigenvalue weighted by Gasteiger charge is 2.28. The lowest BCUT2D eigenvalue weighted by atomic mass is 9.96. The molecule has 1 amide bonds. The Morgan fingerprint density at radius 2 is 1.11 bits per heavy atom. The highest BCUT2D eigenvalue weighted by molar-refractivity contribution is 5.78. The molecule has 0 aromatic heterocycles. The maximum Gasteiger partial charge on any atom is 0.260 e. The summed E-state index contributed by atoms with van der Waals surface area (Å²) in [5.41, 5.74) is 4.85. The number of hydrogen-bond acceptors (Lipinski definition) is 3. The number of nitrogens with zero attached hydrogens (tertiary/aromatic N) is 2. The SMILES string of the molecule is O=C(COc1ccc(-c2ccccc2)cc1)N1CCN(C(c2ccccc2)c2ccccc2)CC1. The Labute approximate surface area is 207 Å². The van der Waals surface area contributed by atoms with Crippen molar-refractivity contribution in [1.82, 2.24) is 9.80 Å². The maximum atomic E-state index is 12.9. The van der Waals surface area contributed by atoms with Crippen molar-refractivity contribution in [2.45, 2.75) is 6.04 Å². The molecule has 0 aliphatic carbocycles. The Kier molecular flexibility index (Phi) is 7.21. The summed E-state index contributed by atoms with van der Waals surface area (Å²) in [5.74, 6) is 0.748. The zero-order chi connectivity index (χ0) is 23.9. The predicted octanol–water partition coefficient (Wildman–Crippen LogP) is 5.67. The van der Waals surface area contributed by atoms with Crippen LogP contribution in [0, 0.1) is 0 Å². The molecule has 1 fully saturated rings. The minimum atomic E-state index is 0.0350. The van der Waals surface area contributed by atoms with E-state index >= 15 is 0 Å². The molecule has 4 aromatic rings. The third-order valence-electron chi connectivity index (χ3n) is 6.59. The van der Waals surface area contributed by atoms with Gasteiger partial charge in [0, 0.05) is 26.2 Å². The largest absolute Gasteiger partial charge is 0.484 e. The molecule has 1 saturated heterocycles.